The second-order valence-electron chi connectivity index (χ2n) is 7.46. The van der Waals surface area contributed by atoms with E-state index in [0.29, 0.717) is 0 Å². The van der Waals surface area contributed by atoms with Gasteiger partial charge in [-0.2, -0.15) is 10.2 Å². The molecule has 0 saturated heterocycles. The average molecular weight is 353 g/mol. The third kappa shape index (κ3) is 2.08. The smallest absolute Gasteiger partial charge is 0.0744 e. The van der Waals surface area contributed by atoms with Crippen molar-refractivity contribution in [3.63, 3.8) is 0 Å². The summed E-state index contributed by atoms with van der Waals surface area (Å²) in [4.78, 5) is 5.13. The Hall–Kier alpha value is -3.21. The first-order valence-corrected chi connectivity index (χ1v) is 9.49. The Labute approximate surface area is 156 Å². The summed E-state index contributed by atoms with van der Waals surface area (Å²) < 4.78 is 1.91. The van der Waals surface area contributed by atoms with Crippen LogP contribution in [0.15, 0.2) is 42.7 Å². The zero-order valence-corrected chi connectivity index (χ0v) is 15.2. The van der Waals surface area contributed by atoms with Crippen molar-refractivity contribution in [3.8, 4) is 11.3 Å². The largest absolute Gasteiger partial charge is 0.278 e. The highest BCUT2D eigenvalue weighted by Gasteiger charge is 2.21. The maximum Gasteiger partial charge on any atom is 0.0744 e. The number of nitrogens with one attached hydrogen (secondary N) is 1. The lowest BCUT2D eigenvalue weighted by Crippen LogP contribution is -2.07. The van der Waals surface area contributed by atoms with Gasteiger partial charge in [0.05, 0.1) is 34.6 Å². The Morgan fingerprint density at radius 2 is 1.89 bits per heavy atom. The fourth-order valence-corrected chi connectivity index (χ4v) is 4.60. The van der Waals surface area contributed by atoms with E-state index in [9.17, 15) is 0 Å². The van der Waals surface area contributed by atoms with Gasteiger partial charge in [-0.05, 0) is 61.1 Å². The minimum absolute atomic E-state index is 1.06. The molecule has 1 N–H and O–H groups in total. The molecule has 2 aromatic carbocycles. The lowest BCUT2D eigenvalue weighted by Gasteiger charge is -2.21. The molecule has 0 radical (unpaired) electrons. The highest BCUT2D eigenvalue weighted by Crippen LogP contribution is 2.38. The van der Waals surface area contributed by atoms with Crippen molar-refractivity contribution in [2.75, 3.05) is 0 Å². The minimum Gasteiger partial charge on any atom is -0.278 e. The first-order valence-electron chi connectivity index (χ1n) is 9.49. The van der Waals surface area contributed by atoms with Crippen molar-refractivity contribution in [1.82, 2.24) is 25.0 Å². The second-order valence-corrected chi connectivity index (χ2v) is 7.46. The van der Waals surface area contributed by atoms with E-state index in [1.54, 1.807) is 0 Å². The van der Waals surface area contributed by atoms with E-state index in [1.807, 2.05) is 24.1 Å². The molecule has 1 aliphatic rings. The first kappa shape index (κ1) is 14.9. The summed E-state index contributed by atoms with van der Waals surface area (Å²) in [5, 5.41) is 15.4. The Morgan fingerprint density at radius 1 is 1.00 bits per heavy atom. The SMILES string of the molecule is Cn1ncc2cc(-c3nc4ccc5[nH]ncc5c4c4c3CCCC4)ccc21. The lowest BCUT2D eigenvalue weighted by atomic mass is 9.85. The number of nitrogens with zero attached hydrogens (tertiary/aromatic N) is 4. The van der Waals surface area contributed by atoms with Crippen LogP contribution in [-0.2, 0) is 19.9 Å². The quantitative estimate of drug-likeness (QED) is 0.481. The number of aryl methyl sites for hydroxylation is 2. The van der Waals surface area contributed by atoms with Gasteiger partial charge in [0.15, 0.2) is 0 Å². The molecule has 5 heteroatoms. The molecule has 6 rings (SSSR count). The van der Waals surface area contributed by atoms with E-state index >= 15 is 0 Å². The van der Waals surface area contributed by atoms with E-state index in [0.717, 1.165) is 40.5 Å². The van der Waals surface area contributed by atoms with Crippen LogP contribution in [0.25, 0.3) is 44.0 Å². The fraction of sp³-hybridized carbons (Fsp3) is 0.227. The highest BCUT2D eigenvalue weighted by molar-refractivity contribution is 6.07. The summed E-state index contributed by atoms with van der Waals surface area (Å²) >= 11 is 0. The zero-order valence-electron chi connectivity index (χ0n) is 15.2. The van der Waals surface area contributed by atoms with Crippen molar-refractivity contribution in [3.05, 3.63) is 53.9 Å². The standard InChI is InChI=1S/C22H19N5/c1-27-20-9-6-13(10-14(20)11-24-27)22-16-5-3-2-4-15(16)21-17-12-23-26-18(17)7-8-19(21)25-22/h6-12H,2-5H2,1H3,(H,23,26). The number of benzene rings is 2. The van der Waals surface area contributed by atoms with Crippen molar-refractivity contribution < 1.29 is 0 Å². The van der Waals surface area contributed by atoms with Gasteiger partial charge in [0.1, 0.15) is 0 Å². The van der Waals surface area contributed by atoms with Crippen molar-refractivity contribution in [2.24, 2.45) is 7.05 Å². The van der Waals surface area contributed by atoms with E-state index in [1.165, 1.54) is 40.3 Å². The van der Waals surface area contributed by atoms with Crippen LogP contribution in [-0.4, -0.2) is 25.0 Å². The average Bonchev–Trinajstić information content (AvgIpc) is 3.33. The molecule has 3 aromatic heterocycles. The Morgan fingerprint density at radius 3 is 2.81 bits per heavy atom. The van der Waals surface area contributed by atoms with Crippen LogP contribution >= 0.6 is 0 Å². The number of rotatable bonds is 1. The topological polar surface area (TPSA) is 59.4 Å². The Bertz CT molecular complexity index is 1340. The third-order valence-corrected chi connectivity index (χ3v) is 5.91. The summed E-state index contributed by atoms with van der Waals surface area (Å²) in [6.45, 7) is 0. The summed E-state index contributed by atoms with van der Waals surface area (Å²) in [5.41, 5.74) is 8.47. The van der Waals surface area contributed by atoms with Gasteiger partial charge in [-0.3, -0.25) is 9.78 Å². The van der Waals surface area contributed by atoms with E-state index in [2.05, 4.69) is 45.6 Å². The number of H-pyrrole nitrogens is 1. The highest BCUT2D eigenvalue weighted by atomic mass is 15.2. The number of hydrogen-bond acceptors (Lipinski definition) is 3. The molecule has 0 amide bonds. The summed E-state index contributed by atoms with van der Waals surface area (Å²) in [6.07, 6.45) is 8.54. The Kier molecular flexibility index (Phi) is 2.98. The number of fused-ring (bicyclic) bond motifs is 6. The van der Waals surface area contributed by atoms with E-state index < -0.39 is 0 Å². The van der Waals surface area contributed by atoms with Crippen LogP contribution in [0.2, 0.25) is 0 Å². The maximum atomic E-state index is 5.13. The van der Waals surface area contributed by atoms with Gasteiger partial charge in [-0.15, -0.1) is 0 Å². The van der Waals surface area contributed by atoms with Gasteiger partial charge in [0.2, 0.25) is 0 Å². The normalized spacial score (nSPS) is 14.3. The predicted molar refractivity (Wildman–Crippen MR) is 108 cm³/mol. The van der Waals surface area contributed by atoms with E-state index in [4.69, 9.17) is 4.98 Å². The number of aromatic amines is 1. The summed E-state index contributed by atoms with van der Waals surface area (Å²) in [6, 6.07) is 10.8. The van der Waals surface area contributed by atoms with Crippen LogP contribution in [0.4, 0.5) is 0 Å². The summed E-state index contributed by atoms with van der Waals surface area (Å²) in [5.74, 6) is 0. The van der Waals surface area contributed by atoms with Crippen LogP contribution in [0.3, 0.4) is 0 Å². The monoisotopic (exact) mass is 353 g/mol. The molecular weight excluding hydrogens is 334 g/mol. The molecule has 1 aliphatic carbocycles. The molecule has 27 heavy (non-hydrogen) atoms. The molecule has 0 atom stereocenters. The third-order valence-electron chi connectivity index (χ3n) is 5.91. The van der Waals surface area contributed by atoms with Crippen LogP contribution in [0.1, 0.15) is 24.0 Å². The molecule has 0 aliphatic heterocycles. The second kappa shape index (κ2) is 5.39. The number of hydrogen-bond donors (Lipinski definition) is 1. The molecule has 0 fully saturated rings. The fourth-order valence-electron chi connectivity index (χ4n) is 4.60. The van der Waals surface area contributed by atoms with E-state index in [-0.39, 0.29) is 0 Å². The zero-order chi connectivity index (χ0) is 18.0. The van der Waals surface area contributed by atoms with Gasteiger partial charge in [-0.25, -0.2) is 4.98 Å². The van der Waals surface area contributed by atoms with Crippen molar-refractivity contribution >= 4 is 32.7 Å². The van der Waals surface area contributed by atoms with Gasteiger partial charge in [0.25, 0.3) is 0 Å². The Balaban J connectivity index is 1.69. The maximum absolute atomic E-state index is 5.13. The van der Waals surface area contributed by atoms with Gasteiger partial charge >= 0.3 is 0 Å². The molecule has 0 spiro atoms. The van der Waals surface area contributed by atoms with Crippen LogP contribution in [0.5, 0.6) is 0 Å². The van der Waals surface area contributed by atoms with Gasteiger partial charge in [0, 0.05) is 28.8 Å². The predicted octanol–water partition coefficient (Wildman–Crippen LogP) is 4.54. The summed E-state index contributed by atoms with van der Waals surface area (Å²) in [7, 11) is 1.98. The molecule has 132 valence electrons. The number of pyridine rings is 1. The lowest BCUT2D eigenvalue weighted by molar-refractivity contribution is 0.689. The molecule has 0 saturated carbocycles. The van der Waals surface area contributed by atoms with Crippen molar-refractivity contribution in [1.29, 1.82) is 0 Å². The molecule has 0 bridgehead atoms. The van der Waals surface area contributed by atoms with Crippen LogP contribution in [0, 0.1) is 0 Å². The first-order chi connectivity index (χ1) is 13.3. The van der Waals surface area contributed by atoms with Crippen molar-refractivity contribution in [2.45, 2.75) is 25.7 Å². The number of aromatic nitrogens is 5. The molecule has 0 unspecified atom stereocenters. The minimum atomic E-state index is 1.06. The molecule has 5 nitrogen and oxygen atoms in total. The van der Waals surface area contributed by atoms with Gasteiger partial charge < -0.3 is 0 Å². The van der Waals surface area contributed by atoms with Gasteiger partial charge in [-0.1, -0.05) is 6.07 Å². The molecular formula is C22H19N5. The molecule has 5 aromatic rings. The molecule has 3 heterocycles. The van der Waals surface area contributed by atoms with Crippen LogP contribution < -0.4 is 0 Å².